The van der Waals surface area contributed by atoms with E-state index in [1.54, 1.807) is 0 Å². The van der Waals surface area contributed by atoms with E-state index in [1.807, 2.05) is 12.1 Å². The molecule has 0 spiro atoms. The number of rotatable bonds is 6. The van der Waals surface area contributed by atoms with Crippen LogP contribution >= 0.6 is 23.2 Å². The van der Waals surface area contributed by atoms with Crippen molar-refractivity contribution in [2.45, 2.75) is 45.7 Å². The molecule has 0 bridgehead atoms. The van der Waals surface area contributed by atoms with Gasteiger partial charge in [-0.15, -0.1) is 0 Å². The van der Waals surface area contributed by atoms with Gasteiger partial charge in [-0.2, -0.15) is 0 Å². The highest BCUT2D eigenvalue weighted by molar-refractivity contribution is 6.38. The first-order valence-electron chi connectivity index (χ1n) is 6.94. The molecular formula is C15H22Cl2N2. The molecule has 0 amide bonds. The first-order valence-corrected chi connectivity index (χ1v) is 7.70. The molecule has 0 aromatic heterocycles. The largest absolute Gasteiger partial charge is 0.396 e. The molecule has 106 valence electrons. The molecule has 2 rings (SSSR count). The average molecular weight is 301 g/mol. The zero-order valence-corrected chi connectivity index (χ0v) is 13.1. The van der Waals surface area contributed by atoms with E-state index >= 15 is 0 Å². The van der Waals surface area contributed by atoms with Crippen LogP contribution in [0.2, 0.25) is 10.0 Å². The van der Waals surface area contributed by atoms with Gasteiger partial charge in [0.05, 0.1) is 15.7 Å². The Morgan fingerprint density at radius 3 is 2.32 bits per heavy atom. The van der Waals surface area contributed by atoms with Crippen molar-refractivity contribution in [3.8, 4) is 0 Å². The predicted octanol–water partition coefficient (Wildman–Crippen LogP) is 4.59. The van der Waals surface area contributed by atoms with Crippen molar-refractivity contribution < 1.29 is 0 Å². The fraction of sp³-hybridized carbons (Fsp3) is 0.600. The van der Waals surface area contributed by atoms with Gasteiger partial charge in [-0.3, -0.25) is 4.90 Å². The molecule has 0 heterocycles. The van der Waals surface area contributed by atoms with Crippen molar-refractivity contribution >= 4 is 28.9 Å². The molecule has 1 aromatic carbocycles. The van der Waals surface area contributed by atoms with Crippen molar-refractivity contribution in [1.29, 1.82) is 0 Å². The van der Waals surface area contributed by atoms with Gasteiger partial charge in [0, 0.05) is 12.6 Å². The highest BCUT2D eigenvalue weighted by Crippen LogP contribution is 2.32. The number of hydrogen-bond acceptors (Lipinski definition) is 2. The topological polar surface area (TPSA) is 29.3 Å². The van der Waals surface area contributed by atoms with E-state index in [0.717, 1.165) is 30.6 Å². The monoisotopic (exact) mass is 300 g/mol. The van der Waals surface area contributed by atoms with Crippen molar-refractivity contribution in [2.75, 3.05) is 12.3 Å². The van der Waals surface area contributed by atoms with E-state index in [4.69, 9.17) is 28.9 Å². The highest BCUT2D eigenvalue weighted by Gasteiger charge is 2.28. The zero-order valence-electron chi connectivity index (χ0n) is 11.6. The second-order valence-electron chi connectivity index (χ2n) is 5.86. The molecule has 1 aliphatic carbocycles. The summed E-state index contributed by atoms with van der Waals surface area (Å²) in [6, 6.07) is 4.62. The molecule has 0 saturated heterocycles. The summed E-state index contributed by atoms with van der Waals surface area (Å²) < 4.78 is 0. The first-order chi connectivity index (χ1) is 8.97. The summed E-state index contributed by atoms with van der Waals surface area (Å²) >= 11 is 12.2. The third kappa shape index (κ3) is 4.27. The van der Waals surface area contributed by atoms with Gasteiger partial charge in [0.2, 0.25) is 0 Å². The average Bonchev–Trinajstić information content (AvgIpc) is 3.15. The van der Waals surface area contributed by atoms with Gasteiger partial charge in [-0.25, -0.2) is 0 Å². The summed E-state index contributed by atoms with van der Waals surface area (Å²) in [5, 5.41) is 1.12. The van der Waals surface area contributed by atoms with Crippen LogP contribution in [0.25, 0.3) is 0 Å². The molecule has 0 aliphatic heterocycles. The van der Waals surface area contributed by atoms with Crippen LogP contribution in [0.15, 0.2) is 12.1 Å². The minimum absolute atomic E-state index is 0.479. The van der Waals surface area contributed by atoms with Crippen molar-refractivity contribution in [2.24, 2.45) is 5.92 Å². The lowest BCUT2D eigenvalue weighted by atomic mass is 10.1. The number of nitrogen functional groups attached to an aromatic ring is 1. The number of halogens is 2. The summed E-state index contributed by atoms with van der Waals surface area (Å²) in [5.41, 5.74) is 7.41. The maximum atomic E-state index is 6.10. The Labute approximate surface area is 125 Å². The van der Waals surface area contributed by atoms with Crippen LogP contribution in [0.4, 0.5) is 5.69 Å². The number of anilines is 1. The molecule has 0 unspecified atom stereocenters. The fourth-order valence-corrected chi connectivity index (χ4v) is 2.75. The van der Waals surface area contributed by atoms with E-state index in [2.05, 4.69) is 18.7 Å². The van der Waals surface area contributed by atoms with Crippen LogP contribution < -0.4 is 5.73 Å². The molecule has 19 heavy (non-hydrogen) atoms. The van der Waals surface area contributed by atoms with E-state index in [1.165, 1.54) is 19.3 Å². The molecular weight excluding hydrogens is 279 g/mol. The van der Waals surface area contributed by atoms with Crippen LogP contribution in [0, 0.1) is 5.92 Å². The summed E-state index contributed by atoms with van der Waals surface area (Å²) in [7, 11) is 0. The lowest BCUT2D eigenvalue weighted by Gasteiger charge is -2.23. The minimum Gasteiger partial charge on any atom is -0.396 e. The van der Waals surface area contributed by atoms with Crippen LogP contribution in [0.1, 0.15) is 38.7 Å². The van der Waals surface area contributed by atoms with E-state index in [-0.39, 0.29) is 0 Å². The van der Waals surface area contributed by atoms with Gasteiger partial charge in [-0.05, 0) is 49.4 Å². The van der Waals surface area contributed by atoms with Crippen LogP contribution in [-0.2, 0) is 6.54 Å². The molecule has 1 fully saturated rings. The summed E-state index contributed by atoms with van der Waals surface area (Å²) in [6.07, 6.45) is 3.86. The second-order valence-corrected chi connectivity index (χ2v) is 6.67. The molecule has 1 aliphatic rings. The van der Waals surface area contributed by atoms with Gasteiger partial charge in [0.1, 0.15) is 0 Å². The Morgan fingerprint density at radius 2 is 1.84 bits per heavy atom. The molecule has 2 nitrogen and oxygen atoms in total. The molecule has 1 aromatic rings. The number of nitrogens with two attached hydrogens (primary N) is 1. The van der Waals surface area contributed by atoms with Crippen molar-refractivity contribution in [1.82, 2.24) is 4.90 Å². The van der Waals surface area contributed by atoms with Gasteiger partial charge in [-0.1, -0.05) is 37.0 Å². The summed E-state index contributed by atoms with van der Waals surface area (Å²) in [4.78, 5) is 2.54. The Hall–Kier alpha value is -0.440. The maximum absolute atomic E-state index is 6.10. The molecule has 4 heteroatoms. The first kappa shape index (κ1) is 15.0. The Kier molecular flexibility index (Phi) is 4.99. The normalized spacial score (nSPS) is 15.5. The van der Waals surface area contributed by atoms with Crippen molar-refractivity contribution in [3.05, 3.63) is 27.7 Å². The van der Waals surface area contributed by atoms with Gasteiger partial charge in [0.15, 0.2) is 0 Å². The number of nitrogens with zero attached hydrogens (tertiary/aromatic N) is 1. The fourth-order valence-electron chi connectivity index (χ4n) is 2.22. The van der Waals surface area contributed by atoms with Gasteiger partial charge >= 0.3 is 0 Å². The summed E-state index contributed by atoms with van der Waals surface area (Å²) in [6.45, 7) is 6.59. The molecule has 0 radical (unpaired) electrons. The smallest absolute Gasteiger partial charge is 0.0693 e. The van der Waals surface area contributed by atoms with E-state index in [0.29, 0.717) is 15.7 Å². The number of hydrogen-bond donors (Lipinski definition) is 1. The Balaban J connectivity index is 2.04. The number of benzene rings is 1. The standard InChI is InChI=1S/C15H22Cl2N2/c1-10(2)5-6-19(12-3-4-12)9-11-7-13(16)15(18)14(17)8-11/h7-8,10,12H,3-6,9,18H2,1-2H3. The minimum atomic E-state index is 0.479. The maximum Gasteiger partial charge on any atom is 0.0693 e. The van der Waals surface area contributed by atoms with Crippen LogP contribution in [-0.4, -0.2) is 17.5 Å². The van der Waals surface area contributed by atoms with Gasteiger partial charge < -0.3 is 5.73 Å². The lowest BCUT2D eigenvalue weighted by Crippen LogP contribution is -2.27. The lowest BCUT2D eigenvalue weighted by molar-refractivity contribution is 0.239. The highest BCUT2D eigenvalue weighted by atomic mass is 35.5. The summed E-state index contributed by atoms with van der Waals surface area (Å²) in [5.74, 6) is 0.736. The molecule has 1 saturated carbocycles. The van der Waals surface area contributed by atoms with Crippen LogP contribution in [0.3, 0.4) is 0 Å². The van der Waals surface area contributed by atoms with Crippen molar-refractivity contribution in [3.63, 3.8) is 0 Å². The van der Waals surface area contributed by atoms with E-state index in [9.17, 15) is 0 Å². The predicted molar refractivity (Wildman–Crippen MR) is 83.8 cm³/mol. The third-order valence-electron chi connectivity index (χ3n) is 3.58. The zero-order chi connectivity index (χ0) is 14.0. The Morgan fingerprint density at radius 1 is 1.26 bits per heavy atom. The molecule has 0 atom stereocenters. The second kappa shape index (κ2) is 6.34. The van der Waals surface area contributed by atoms with Gasteiger partial charge in [0.25, 0.3) is 0 Å². The SMILES string of the molecule is CC(C)CCN(Cc1cc(Cl)c(N)c(Cl)c1)C1CC1. The van der Waals surface area contributed by atoms with Crippen LogP contribution in [0.5, 0.6) is 0 Å². The quantitative estimate of drug-likeness (QED) is 0.779. The molecule has 2 N–H and O–H groups in total. The third-order valence-corrected chi connectivity index (χ3v) is 4.21. The Bertz CT molecular complexity index is 419. The van der Waals surface area contributed by atoms with E-state index < -0.39 is 0 Å².